The van der Waals surface area contributed by atoms with E-state index in [4.69, 9.17) is 0 Å². The topological polar surface area (TPSA) is 54.5 Å². The highest BCUT2D eigenvalue weighted by Gasteiger charge is 2.06. The van der Waals surface area contributed by atoms with Crippen LogP contribution in [0.2, 0.25) is 0 Å². The summed E-state index contributed by atoms with van der Waals surface area (Å²) >= 11 is 0. The van der Waals surface area contributed by atoms with E-state index in [2.05, 4.69) is 20.2 Å². The molecule has 2 aromatic carbocycles. The fraction of sp³-hybridized carbons (Fsp3) is 0. The molecule has 0 amide bonds. The molecule has 4 heteroatoms. The number of aromatic nitrogens is 4. The lowest BCUT2D eigenvalue weighted by Crippen LogP contribution is -1.88. The Kier molecular flexibility index (Phi) is 2.08. The maximum atomic E-state index is 4.69. The van der Waals surface area contributed by atoms with E-state index in [9.17, 15) is 0 Å². The number of H-pyrrole nitrogens is 1. The van der Waals surface area contributed by atoms with Gasteiger partial charge in [-0.3, -0.25) is 0 Å². The molecule has 0 saturated carbocycles. The zero-order valence-corrected chi connectivity index (χ0v) is 10.0. The molecular formula is C15H10N4. The van der Waals surface area contributed by atoms with Crippen molar-refractivity contribution in [2.45, 2.75) is 0 Å². The molecule has 0 radical (unpaired) electrons. The second-order valence-electron chi connectivity index (χ2n) is 4.39. The minimum Gasteiger partial charge on any atom is -0.357 e. The van der Waals surface area contributed by atoms with Gasteiger partial charge in [0.1, 0.15) is 0 Å². The molecule has 0 atom stereocenters. The zero-order chi connectivity index (χ0) is 12.7. The lowest BCUT2D eigenvalue weighted by Gasteiger charge is -2.04. The van der Waals surface area contributed by atoms with E-state index in [0.717, 1.165) is 33.2 Å². The molecule has 0 fully saturated rings. The van der Waals surface area contributed by atoms with Gasteiger partial charge in [0.15, 0.2) is 0 Å². The Morgan fingerprint density at radius 1 is 0.895 bits per heavy atom. The second-order valence-corrected chi connectivity index (χ2v) is 4.39. The predicted molar refractivity (Wildman–Crippen MR) is 74.6 cm³/mol. The van der Waals surface area contributed by atoms with Crippen LogP contribution in [0.4, 0.5) is 0 Å². The molecule has 0 aliphatic heterocycles. The van der Waals surface area contributed by atoms with Crippen LogP contribution in [0.15, 0.2) is 54.9 Å². The summed E-state index contributed by atoms with van der Waals surface area (Å²) < 4.78 is 0. The van der Waals surface area contributed by atoms with E-state index in [1.165, 1.54) is 0 Å². The Bertz CT molecular complexity index is 865. The van der Waals surface area contributed by atoms with Crippen LogP contribution in [0.25, 0.3) is 33.2 Å². The van der Waals surface area contributed by atoms with Gasteiger partial charge >= 0.3 is 0 Å². The molecular weight excluding hydrogens is 236 g/mol. The van der Waals surface area contributed by atoms with Gasteiger partial charge in [-0.25, -0.2) is 4.98 Å². The highest BCUT2D eigenvalue weighted by molar-refractivity contribution is 6.02. The molecule has 2 aromatic heterocycles. The van der Waals surface area contributed by atoms with Gasteiger partial charge < -0.3 is 4.98 Å². The van der Waals surface area contributed by atoms with Crippen LogP contribution in [0.1, 0.15) is 0 Å². The summed E-state index contributed by atoms with van der Waals surface area (Å²) in [4.78, 5) is 7.99. The minimum atomic E-state index is 0.887. The normalized spacial score (nSPS) is 11.2. The molecule has 2 heterocycles. The average molecular weight is 246 g/mol. The molecule has 4 aromatic rings. The van der Waals surface area contributed by atoms with E-state index >= 15 is 0 Å². The summed E-state index contributed by atoms with van der Waals surface area (Å²) in [5.74, 6) is 0. The molecule has 0 spiro atoms. The van der Waals surface area contributed by atoms with Crippen molar-refractivity contribution in [3.05, 3.63) is 54.9 Å². The molecule has 0 bridgehead atoms. The molecule has 4 nitrogen and oxygen atoms in total. The Morgan fingerprint density at radius 3 is 2.63 bits per heavy atom. The quantitative estimate of drug-likeness (QED) is 0.561. The van der Waals surface area contributed by atoms with Crippen LogP contribution in [0.3, 0.4) is 0 Å². The number of hydrogen-bond acceptors (Lipinski definition) is 3. The summed E-state index contributed by atoms with van der Waals surface area (Å²) in [6.07, 6.45) is 3.68. The molecule has 0 aliphatic rings. The summed E-state index contributed by atoms with van der Waals surface area (Å²) in [6.45, 7) is 0. The van der Waals surface area contributed by atoms with Crippen LogP contribution < -0.4 is 0 Å². The molecule has 19 heavy (non-hydrogen) atoms. The largest absolute Gasteiger partial charge is 0.357 e. The molecule has 0 saturated heterocycles. The molecule has 90 valence electrons. The Hall–Kier alpha value is -2.75. The Balaban J connectivity index is 1.99. The van der Waals surface area contributed by atoms with E-state index in [1.807, 2.05) is 48.7 Å². The van der Waals surface area contributed by atoms with Gasteiger partial charge in [-0.2, -0.15) is 10.2 Å². The summed E-state index contributed by atoms with van der Waals surface area (Å²) in [7, 11) is 0. The van der Waals surface area contributed by atoms with Crippen LogP contribution in [0, 0.1) is 0 Å². The van der Waals surface area contributed by atoms with Crippen LogP contribution in [-0.4, -0.2) is 20.2 Å². The number of nitrogens with one attached hydrogen (secondary N) is 1. The van der Waals surface area contributed by atoms with Crippen molar-refractivity contribution >= 4 is 21.9 Å². The fourth-order valence-corrected chi connectivity index (χ4v) is 2.27. The highest BCUT2D eigenvalue weighted by Crippen LogP contribution is 2.23. The van der Waals surface area contributed by atoms with Crippen molar-refractivity contribution in [1.82, 2.24) is 20.2 Å². The molecule has 1 N–H and O–H groups in total. The van der Waals surface area contributed by atoms with Gasteiger partial charge in [0.05, 0.1) is 28.4 Å². The van der Waals surface area contributed by atoms with Crippen LogP contribution in [-0.2, 0) is 0 Å². The van der Waals surface area contributed by atoms with Crippen molar-refractivity contribution in [1.29, 1.82) is 0 Å². The highest BCUT2D eigenvalue weighted by atomic mass is 15.1. The standard InChI is InChI=1S/C15H10N4/c1-2-4-10(5-3-1)14-9-16-15-11-8-17-19-12(11)6-7-13(15)18-14/h1-9,16H. The minimum absolute atomic E-state index is 0.887. The van der Waals surface area contributed by atoms with Gasteiger partial charge in [0.25, 0.3) is 0 Å². The smallest absolute Gasteiger partial charge is 0.0967 e. The maximum Gasteiger partial charge on any atom is 0.0967 e. The van der Waals surface area contributed by atoms with E-state index in [0.29, 0.717) is 0 Å². The first-order valence-electron chi connectivity index (χ1n) is 6.07. The molecule has 4 rings (SSSR count). The Labute approximate surface area is 109 Å². The average Bonchev–Trinajstić information content (AvgIpc) is 2.96. The van der Waals surface area contributed by atoms with Gasteiger partial charge in [-0.15, -0.1) is 0 Å². The first kappa shape index (κ1) is 10.2. The van der Waals surface area contributed by atoms with Crippen molar-refractivity contribution in [3.63, 3.8) is 0 Å². The number of aromatic amines is 1. The summed E-state index contributed by atoms with van der Waals surface area (Å²) in [6, 6.07) is 14.0. The lowest BCUT2D eigenvalue weighted by atomic mass is 10.1. The third kappa shape index (κ3) is 1.57. The Morgan fingerprint density at radius 2 is 1.74 bits per heavy atom. The molecule has 0 aliphatic carbocycles. The number of benzene rings is 2. The third-order valence-corrected chi connectivity index (χ3v) is 3.22. The first-order chi connectivity index (χ1) is 9.42. The molecule has 0 unspecified atom stereocenters. The van der Waals surface area contributed by atoms with Gasteiger partial charge in [-0.05, 0) is 12.1 Å². The SMILES string of the molecule is c1ccc(-c2c[nH]c3c(ccc4nncc43)n2)cc1. The summed E-state index contributed by atoms with van der Waals surface area (Å²) in [5.41, 5.74) is 4.81. The number of hydrogen-bond donors (Lipinski definition) is 1. The lowest BCUT2D eigenvalue weighted by molar-refractivity contribution is 1.12. The number of rotatable bonds is 1. The van der Waals surface area contributed by atoms with Crippen molar-refractivity contribution in [2.75, 3.05) is 0 Å². The maximum absolute atomic E-state index is 4.69. The van der Waals surface area contributed by atoms with E-state index in [1.54, 1.807) is 6.20 Å². The second kappa shape index (κ2) is 3.88. The predicted octanol–water partition coefficient (Wildman–Crippen LogP) is 3.17. The van der Waals surface area contributed by atoms with E-state index in [-0.39, 0.29) is 0 Å². The van der Waals surface area contributed by atoms with Crippen molar-refractivity contribution in [3.8, 4) is 11.3 Å². The third-order valence-electron chi connectivity index (χ3n) is 3.22. The number of fused-ring (bicyclic) bond motifs is 3. The van der Waals surface area contributed by atoms with Gasteiger partial charge in [-0.1, -0.05) is 30.3 Å². The van der Waals surface area contributed by atoms with E-state index < -0.39 is 0 Å². The summed E-state index contributed by atoms with van der Waals surface area (Å²) in [5, 5.41) is 8.99. The number of nitrogens with zero attached hydrogens (tertiary/aromatic N) is 3. The van der Waals surface area contributed by atoms with Gasteiger partial charge in [0, 0.05) is 17.1 Å². The van der Waals surface area contributed by atoms with Gasteiger partial charge in [0.2, 0.25) is 0 Å². The van der Waals surface area contributed by atoms with Crippen LogP contribution >= 0.6 is 0 Å². The zero-order valence-electron chi connectivity index (χ0n) is 10.0. The fourth-order valence-electron chi connectivity index (χ4n) is 2.27. The van der Waals surface area contributed by atoms with Crippen molar-refractivity contribution in [2.24, 2.45) is 0 Å². The monoisotopic (exact) mass is 246 g/mol. The van der Waals surface area contributed by atoms with Crippen molar-refractivity contribution < 1.29 is 0 Å². The first-order valence-corrected chi connectivity index (χ1v) is 6.07. The van der Waals surface area contributed by atoms with Crippen LogP contribution in [0.5, 0.6) is 0 Å².